The Labute approximate surface area is 141 Å². The van der Waals surface area contributed by atoms with Gasteiger partial charge in [0.25, 0.3) is 0 Å². The summed E-state index contributed by atoms with van der Waals surface area (Å²) in [6.45, 7) is 3.08. The fourth-order valence-corrected chi connectivity index (χ4v) is 4.49. The molecular formula is C16H32N4O2S. The van der Waals surface area contributed by atoms with Crippen molar-refractivity contribution in [3.8, 4) is 0 Å². The van der Waals surface area contributed by atoms with E-state index in [0.717, 1.165) is 19.0 Å². The number of piperidine rings is 1. The maximum atomic E-state index is 11.1. The number of hydrogen-bond acceptors (Lipinski definition) is 3. The van der Waals surface area contributed by atoms with Gasteiger partial charge in [-0.25, -0.2) is 13.1 Å². The average Bonchev–Trinajstić information content (AvgIpc) is 2.72. The number of sulfonamides is 1. The van der Waals surface area contributed by atoms with Gasteiger partial charge in [-0.1, -0.05) is 25.7 Å². The maximum Gasteiger partial charge on any atom is 0.208 e. The van der Waals surface area contributed by atoms with Gasteiger partial charge in [0.05, 0.1) is 6.26 Å². The van der Waals surface area contributed by atoms with Crippen molar-refractivity contribution in [2.75, 3.05) is 39.5 Å². The second-order valence-electron chi connectivity index (χ2n) is 7.08. The van der Waals surface area contributed by atoms with Crippen LogP contribution in [0, 0.1) is 5.41 Å². The van der Waals surface area contributed by atoms with Crippen molar-refractivity contribution in [1.82, 2.24) is 14.9 Å². The Morgan fingerprint density at radius 2 is 1.74 bits per heavy atom. The van der Waals surface area contributed by atoms with E-state index in [4.69, 9.17) is 0 Å². The van der Waals surface area contributed by atoms with Crippen LogP contribution in [0.5, 0.6) is 0 Å². The minimum atomic E-state index is -3.12. The van der Waals surface area contributed by atoms with Crippen LogP contribution in [0.1, 0.15) is 51.4 Å². The molecule has 1 aliphatic carbocycles. The van der Waals surface area contributed by atoms with Crippen LogP contribution < -0.4 is 10.0 Å². The quantitative estimate of drug-likeness (QED) is 0.461. The van der Waals surface area contributed by atoms with Gasteiger partial charge in [-0.15, -0.1) is 0 Å². The Bertz CT molecular complexity index is 496. The van der Waals surface area contributed by atoms with Gasteiger partial charge < -0.3 is 10.2 Å². The number of guanidine groups is 1. The molecule has 0 unspecified atom stereocenters. The monoisotopic (exact) mass is 344 g/mol. The molecule has 0 bridgehead atoms. The molecule has 23 heavy (non-hydrogen) atoms. The molecule has 1 saturated carbocycles. The van der Waals surface area contributed by atoms with E-state index >= 15 is 0 Å². The number of aliphatic imine (C=N–C) groups is 1. The van der Waals surface area contributed by atoms with Gasteiger partial charge in [-0.2, -0.15) is 0 Å². The van der Waals surface area contributed by atoms with E-state index < -0.39 is 10.0 Å². The minimum Gasteiger partial charge on any atom is -0.355 e. The van der Waals surface area contributed by atoms with Crippen molar-refractivity contribution < 1.29 is 8.42 Å². The summed E-state index contributed by atoms with van der Waals surface area (Å²) < 4.78 is 24.7. The molecule has 1 saturated heterocycles. The highest BCUT2D eigenvalue weighted by atomic mass is 32.2. The molecule has 0 aromatic carbocycles. The van der Waals surface area contributed by atoms with Crippen molar-refractivity contribution in [2.45, 2.75) is 51.4 Å². The van der Waals surface area contributed by atoms with Gasteiger partial charge in [-0.05, 0) is 31.1 Å². The summed E-state index contributed by atoms with van der Waals surface area (Å²) in [7, 11) is -1.32. The van der Waals surface area contributed by atoms with Gasteiger partial charge in [0.2, 0.25) is 10.0 Å². The highest BCUT2D eigenvalue weighted by Gasteiger charge is 2.36. The Balaban J connectivity index is 1.87. The van der Waals surface area contributed by atoms with Crippen molar-refractivity contribution >= 4 is 16.0 Å². The molecule has 0 amide bonds. The summed E-state index contributed by atoms with van der Waals surface area (Å²) >= 11 is 0. The second kappa shape index (κ2) is 8.33. The molecular weight excluding hydrogens is 312 g/mol. The first kappa shape index (κ1) is 18.5. The largest absolute Gasteiger partial charge is 0.355 e. The van der Waals surface area contributed by atoms with Crippen LogP contribution in [-0.4, -0.2) is 58.8 Å². The molecule has 0 atom stereocenters. The zero-order chi connectivity index (χ0) is 16.8. The summed E-state index contributed by atoms with van der Waals surface area (Å²) in [5, 5.41) is 3.30. The Hall–Kier alpha value is -0.820. The van der Waals surface area contributed by atoms with Crippen molar-refractivity contribution in [3.63, 3.8) is 0 Å². The van der Waals surface area contributed by atoms with E-state index in [2.05, 4.69) is 19.9 Å². The molecule has 2 fully saturated rings. The molecule has 2 N–H and O–H groups in total. The minimum absolute atomic E-state index is 0.386. The Morgan fingerprint density at radius 3 is 2.35 bits per heavy atom. The average molecular weight is 345 g/mol. The second-order valence-corrected chi connectivity index (χ2v) is 8.91. The molecule has 0 radical (unpaired) electrons. The topological polar surface area (TPSA) is 73.8 Å². The smallest absolute Gasteiger partial charge is 0.208 e. The van der Waals surface area contributed by atoms with Crippen LogP contribution >= 0.6 is 0 Å². The zero-order valence-electron chi connectivity index (χ0n) is 14.6. The third-order valence-corrected chi connectivity index (χ3v) is 5.84. The van der Waals surface area contributed by atoms with E-state index in [0.29, 0.717) is 18.5 Å². The first-order chi connectivity index (χ1) is 10.9. The molecule has 1 spiro atoms. The van der Waals surface area contributed by atoms with Crippen molar-refractivity contribution in [1.29, 1.82) is 0 Å². The summed E-state index contributed by atoms with van der Waals surface area (Å²) in [6, 6.07) is 0. The molecule has 134 valence electrons. The summed E-state index contributed by atoms with van der Waals surface area (Å²) in [6.07, 6.45) is 11.9. The highest BCUT2D eigenvalue weighted by molar-refractivity contribution is 7.88. The molecule has 6 nitrogen and oxygen atoms in total. The molecule has 0 aromatic rings. The standard InChI is InChI=1S/C16H32N4O2S/c1-17-15(18-11-12-19-23(2,21)22)20-13-7-10-16(14-20)8-5-3-4-6-9-16/h19H,3-14H2,1-2H3,(H,17,18). The lowest BCUT2D eigenvalue weighted by molar-refractivity contribution is 0.115. The van der Waals surface area contributed by atoms with Crippen LogP contribution in [0.3, 0.4) is 0 Å². The fraction of sp³-hybridized carbons (Fsp3) is 0.938. The van der Waals surface area contributed by atoms with Gasteiger partial charge in [-0.3, -0.25) is 4.99 Å². The fourth-order valence-electron chi connectivity index (χ4n) is 4.02. The highest BCUT2D eigenvalue weighted by Crippen LogP contribution is 2.42. The molecule has 1 aliphatic heterocycles. The van der Waals surface area contributed by atoms with Crippen molar-refractivity contribution in [2.24, 2.45) is 10.4 Å². The number of nitrogens with one attached hydrogen (secondary N) is 2. The SMILES string of the molecule is CN=C(NCCNS(C)(=O)=O)N1CCCC2(CCCCCC2)C1. The lowest BCUT2D eigenvalue weighted by atomic mass is 9.74. The van der Waals surface area contributed by atoms with Gasteiger partial charge in [0.1, 0.15) is 0 Å². The van der Waals surface area contributed by atoms with E-state index in [-0.39, 0.29) is 0 Å². The number of hydrogen-bond donors (Lipinski definition) is 2. The first-order valence-electron chi connectivity index (χ1n) is 8.84. The molecule has 0 aromatic heterocycles. The number of nitrogens with zero attached hydrogens (tertiary/aromatic N) is 2. The maximum absolute atomic E-state index is 11.1. The van der Waals surface area contributed by atoms with E-state index in [1.165, 1.54) is 57.6 Å². The molecule has 2 rings (SSSR count). The zero-order valence-corrected chi connectivity index (χ0v) is 15.4. The lowest BCUT2D eigenvalue weighted by Gasteiger charge is -2.44. The van der Waals surface area contributed by atoms with Crippen LogP contribution in [0.2, 0.25) is 0 Å². The van der Waals surface area contributed by atoms with Gasteiger partial charge >= 0.3 is 0 Å². The van der Waals surface area contributed by atoms with Crippen LogP contribution in [0.4, 0.5) is 0 Å². The van der Waals surface area contributed by atoms with E-state index in [1.807, 2.05) is 0 Å². The molecule has 7 heteroatoms. The predicted octanol–water partition coefficient (Wildman–Crippen LogP) is 1.55. The Kier molecular flexibility index (Phi) is 6.71. The first-order valence-corrected chi connectivity index (χ1v) is 10.7. The summed E-state index contributed by atoms with van der Waals surface area (Å²) in [5.41, 5.74) is 0.470. The van der Waals surface area contributed by atoms with E-state index in [9.17, 15) is 8.42 Å². The van der Waals surface area contributed by atoms with Crippen LogP contribution in [0.25, 0.3) is 0 Å². The third-order valence-electron chi connectivity index (χ3n) is 5.11. The number of rotatable bonds is 4. The number of likely N-dealkylation sites (tertiary alicyclic amines) is 1. The van der Waals surface area contributed by atoms with Crippen LogP contribution in [0.15, 0.2) is 4.99 Å². The Morgan fingerprint density at radius 1 is 1.09 bits per heavy atom. The van der Waals surface area contributed by atoms with Crippen molar-refractivity contribution in [3.05, 3.63) is 0 Å². The van der Waals surface area contributed by atoms with E-state index in [1.54, 1.807) is 7.05 Å². The molecule has 1 heterocycles. The van der Waals surface area contributed by atoms with Gasteiger partial charge in [0, 0.05) is 33.2 Å². The third kappa shape index (κ3) is 5.95. The normalized spacial score (nSPS) is 22.9. The van der Waals surface area contributed by atoms with Crippen LogP contribution in [-0.2, 0) is 10.0 Å². The summed E-state index contributed by atoms with van der Waals surface area (Å²) in [5.74, 6) is 0.906. The predicted molar refractivity (Wildman–Crippen MR) is 95.2 cm³/mol. The van der Waals surface area contributed by atoms with Gasteiger partial charge in [0.15, 0.2) is 5.96 Å². The lowest BCUT2D eigenvalue weighted by Crippen LogP contribution is -2.51. The molecule has 2 aliphatic rings. The summed E-state index contributed by atoms with van der Waals surface area (Å²) in [4.78, 5) is 6.77.